The first kappa shape index (κ1) is 14.4. The third-order valence-electron chi connectivity index (χ3n) is 4.05. The van der Waals surface area contributed by atoms with E-state index < -0.39 is 0 Å². The average Bonchev–Trinajstić information content (AvgIpc) is 3.03. The van der Waals surface area contributed by atoms with Gasteiger partial charge in [0.1, 0.15) is 16.9 Å². The molecule has 118 valence electrons. The summed E-state index contributed by atoms with van der Waals surface area (Å²) in [4.78, 5) is 12.8. The Balaban J connectivity index is 1.97. The zero-order chi connectivity index (χ0) is 16.7. The normalized spacial score (nSPS) is 11.1. The smallest absolute Gasteiger partial charge is 0.264 e. The minimum atomic E-state index is -0.342. The van der Waals surface area contributed by atoms with Gasteiger partial charge in [-0.05, 0) is 29.8 Å². The van der Waals surface area contributed by atoms with Gasteiger partial charge in [-0.15, -0.1) is 0 Å². The molecule has 0 saturated heterocycles. The van der Waals surface area contributed by atoms with Crippen molar-refractivity contribution in [1.82, 2.24) is 9.72 Å². The van der Waals surface area contributed by atoms with Crippen LogP contribution in [-0.4, -0.2) is 9.72 Å². The SMILES string of the molecule is Cn1c(-c2ccccc2)cc2onc(-c3ccc(F)cc3)c2c1=O. The molecule has 0 N–H and O–H groups in total. The number of hydrogen-bond donors (Lipinski definition) is 0. The van der Waals surface area contributed by atoms with Crippen molar-refractivity contribution in [1.29, 1.82) is 0 Å². The minimum Gasteiger partial charge on any atom is -0.355 e. The van der Waals surface area contributed by atoms with Crippen LogP contribution in [0.15, 0.2) is 70.0 Å². The fraction of sp³-hybridized carbons (Fsp3) is 0.0526. The predicted molar refractivity (Wildman–Crippen MR) is 90.1 cm³/mol. The van der Waals surface area contributed by atoms with Crippen molar-refractivity contribution in [3.05, 3.63) is 76.8 Å². The fourth-order valence-electron chi connectivity index (χ4n) is 2.80. The second-order valence-corrected chi connectivity index (χ2v) is 5.54. The number of aromatic nitrogens is 2. The van der Waals surface area contributed by atoms with Gasteiger partial charge < -0.3 is 9.09 Å². The third-order valence-corrected chi connectivity index (χ3v) is 4.05. The van der Waals surface area contributed by atoms with E-state index in [1.165, 1.54) is 12.1 Å². The van der Waals surface area contributed by atoms with Gasteiger partial charge in [0.05, 0.1) is 5.69 Å². The van der Waals surface area contributed by atoms with Crippen LogP contribution in [0.2, 0.25) is 0 Å². The monoisotopic (exact) mass is 320 g/mol. The molecule has 0 atom stereocenters. The summed E-state index contributed by atoms with van der Waals surface area (Å²) < 4.78 is 20.1. The molecule has 24 heavy (non-hydrogen) atoms. The molecule has 0 bridgehead atoms. The van der Waals surface area contributed by atoms with E-state index >= 15 is 0 Å². The van der Waals surface area contributed by atoms with E-state index in [9.17, 15) is 9.18 Å². The van der Waals surface area contributed by atoms with Crippen molar-refractivity contribution in [2.75, 3.05) is 0 Å². The Hall–Kier alpha value is -3.21. The van der Waals surface area contributed by atoms with Crippen molar-refractivity contribution < 1.29 is 8.91 Å². The Kier molecular flexibility index (Phi) is 3.27. The molecule has 5 heteroatoms. The van der Waals surface area contributed by atoms with Gasteiger partial charge in [-0.3, -0.25) is 4.79 Å². The van der Waals surface area contributed by atoms with E-state index in [0.717, 1.165) is 11.3 Å². The maximum absolute atomic E-state index is 13.1. The highest BCUT2D eigenvalue weighted by molar-refractivity contribution is 5.92. The summed E-state index contributed by atoms with van der Waals surface area (Å²) in [6.07, 6.45) is 0. The molecule has 0 fully saturated rings. The molecule has 0 saturated carbocycles. The lowest BCUT2D eigenvalue weighted by Gasteiger charge is -2.08. The van der Waals surface area contributed by atoms with Crippen LogP contribution in [0.4, 0.5) is 4.39 Å². The minimum absolute atomic E-state index is 0.202. The highest BCUT2D eigenvalue weighted by atomic mass is 19.1. The van der Waals surface area contributed by atoms with Crippen LogP contribution < -0.4 is 5.56 Å². The maximum Gasteiger partial charge on any atom is 0.264 e. The summed E-state index contributed by atoms with van der Waals surface area (Å²) in [5.74, 6) is -0.342. The van der Waals surface area contributed by atoms with Crippen LogP contribution in [0.25, 0.3) is 33.5 Å². The van der Waals surface area contributed by atoms with Crippen LogP contribution in [0.5, 0.6) is 0 Å². The molecule has 4 aromatic rings. The Morgan fingerprint density at radius 2 is 1.71 bits per heavy atom. The Labute approximate surface area is 136 Å². The molecule has 2 aromatic heterocycles. The molecule has 4 nitrogen and oxygen atoms in total. The molecule has 0 amide bonds. The molecule has 0 radical (unpaired) electrons. The number of rotatable bonds is 2. The first-order chi connectivity index (χ1) is 11.6. The molecule has 2 aromatic carbocycles. The molecule has 0 unspecified atom stereocenters. The van der Waals surface area contributed by atoms with Gasteiger partial charge in [0, 0.05) is 18.7 Å². The zero-order valence-corrected chi connectivity index (χ0v) is 12.9. The molecule has 2 heterocycles. The number of fused-ring (bicyclic) bond motifs is 1. The number of halogens is 1. The summed E-state index contributed by atoms with van der Waals surface area (Å²) in [6.45, 7) is 0. The van der Waals surface area contributed by atoms with E-state index in [1.54, 1.807) is 29.8 Å². The Bertz CT molecular complexity index is 1080. The first-order valence-electron chi connectivity index (χ1n) is 7.46. The number of benzene rings is 2. The quantitative estimate of drug-likeness (QED) is 0.561. The molecule has 0 spiro atoms. The molecular formula is C19H13FN2O2. The molecule has 0 aliphatic heterocycles. The summed E-state index contributed by atoms with van der Waals surface area (Å²) in [5, 5.41) is 4.41. The maximum atomic E-state index is 13.1. The van der Waals surface area contributed by atoms with E-state index in [0.29, 0.717) is 22.2 Å². The highest BCUT2D eigenvalue weighted by Crippen LogP contribution is 2.28. The van der Waals surface area contributed by atoms with Gasteiger partial charge >= 0.3 is 0 Å². The van der Waals surface area contributed by atoms with Crippen LogP contribution in [0.1, 0.15) is 0 Å². The number of nitrogens with zero attached hydrogens (tertiary/aromatic N) is 2. The van der Waals surface area contributed by atoms with E-state index in [1.807, 2.05) is 30.3 Å². The van der Waals surface area contributed by atoms with Crippen LogP contribution in [0.3, 0.4) is 0 Å². The van der Waals surface area contributed by atoms with Crippen molar-refractivity contribution >= 4 is 11.0 Å². The summed E-state index contributed by atoms with van der Waals surface area (Å²) in [5.41, 5.74) is 2.93. The van der Waals surface area contributed by atoms with Crippen molar-refractivity contribution in [3.8, 4) is 22.5 Å². The lowest BCUT2D eigenvalue weighted by atomic mass is 10.1. The van der Waals surface area contributed by atoms with E-state index in [-0.39, 0.29) is 11.4 Å². The summed E-state index contributed by atoms with van der Waals surface area (Å²) in [7, 11) is 1.71. The molecular weight excluding hydrogens is 307 g/mol. The zero-order valence-electron chi connectivity index (χ0n) is 12.9. The lowest BCUT2D eigenvalue weighted by Crippen LogP contribution is -2.18. The predicted octanol–water partition coefficient (Wildman–Crippen LogP) is 4.00. The topological polar surface area (TPSA) is 48.0 Å². The Morgan fingerprint density at radius 1 is 1.00 bits per heavy atom. The standard InChI is InChI=1S/C19H13FN2O2/c1-22-15(12-5-3-2-4-6-12)11-16-17(19(22)23)18(21-24-16)13-7-9-14(20)10-8-13/h2-11H,1H3. The average molecular weight is 320 g/mol. The first-order valence-corrected chi connectivity index (χ1v) is 7.46. The van der Waals surface area contributed by atoms with Crippen LogP contribution in [0, 0.1) is 5.82 Å². The number of hydrogen-bond acceptors (Lipinski definition) is 3. The van der Waals surface area contributed by atoms with Crippen molar-refractivity contribution in [2.45, 2.75) is 0 Å². The van der Waals surface area contributed by atoms with Gasteiger partial charge in [0.15, 0.2) is 5.58 Å². The summed E-state index contributed by atoms with van der Waals surface area (Å²) >= 11 is 0. The summed E-state index contributed by atoms with van der Waals surface area (Å²) in [6, 6.07) is 17.2. The third kappa shape index (κ3) is 2.22. The fourth-order valence-corrected chi connectivity index (χ4v) is 2.80. The van der Waals surface area contributed by atoms with E-state index in [4.69, 9.17) is 4.52 Å². The second kappa shape index (κ2) is 5.45. The largest absolute Gasteiger partial charge is 0.355 e. The van der Waals surface area contributed by atoms with Gasteiger partial charge in [0.2, 0.25) is 0 Å². The van der Waals surface area contributed by atoms with Gasteiger partial charge in [-0.2, -0.15) is 0 Å². The molecule has 0 aliphatic carbocycles. The van der Waals surface area contributed by atoms with Crippen molar-refractivity contribution in [2.24, 2.45) is 7.05 Å². The van der Waals surface area contributed by atoms with Gasteiger partial charge in [-0.1, -0.05) is 35.5 Å². The molecule has 4 rings (SSSR count). The van der Waals surface area contributed by atoms with Crippen LogP contribution in [-0.2, 0) is 7.05 Å². The van der Waals surface area contributed by atoms with Crippen molar-refractivity contribution in [3.63, 3.8) is 0 Å². The number of pyridine rings is 1. The highest BCUT2D eigenvalue weighted by Gasteiger charge is 2.18. The lowest BCUT2D eigenvalue weighted by molar-refractivity contribution is 0.459. The van der Waals surface area contributed by atoms with Gasteiger partial charge in [-0.25, -0.2) is 4.39 Å². The van der Waals surface area contributed by atoms with E-state index in [2.05, 4.69) is 5.16 Å². The van der Waals surface area contributed by atoms with Gasteiger partial charge in [0.25, 0.3) is 5.56 Å². The van der Waals surface area contributed by atoms with Crippen LogP contribution >= 0.6 is 0 Å². The second-order valence-electron chi connectivity index (χ2n) is 5.54. The Morgan fingerprint density at radius 3 is 2.42 bits per heavy atom. The molecule has 0 aliphatic rings.